The quantitative estimate of drug-likeness (QED) is 0.300. The van der Waals surface area contributed by atoms with Crippen molar-refractivity contribution in [2.24, 2.45) is 17.0 Å². The maximum atomic E-state index is 11.3. The fourth-order valence-corrected chi connectivity index (χ4v) is 1.87. The summed E-state index contributed by atoms with van der Waals surface area (Å²) in [6, 6.07) is 0. The first-order valence-corrected chi connectivity index (χ1v) is 4.95. The van der Waals surface area contributed by atoms with Crippen molar-refractivity contribution in [2.75, 3.05) is 13.2 Å². The molecule has 5 heteroatoms. The first-order valence-electron chi connectivity index (χ1n) is 4.95. The maximum Gasteiger partial charge on any atom is 0.308 e. The lowest BCUT2D eigenvalue weighted by Crippen LogP contribution is -2.15. The number of ether oxygens (including phenoxy) is 1. The molecule has 0 spiro atoms. The van der Waals surface area contributed by atoms with Gasteiger partial charge in [-0.05, 0) is 37.6 Å². The van der Waals surface area contributed by atoms with Crippen LogP contribution in [-0.4, -0.2) is 19.1 Å². The first-order chi connectivity index (χ1) is 6.77. The van der Waals surface area contributed by atoms with Crippen molar-refractivity contribution in [3.8, 4) is 0 Å². The molecule has 0 bridgehead atoms. The minimum Gasteiger partial charge on any atom is -0.466 e. The molecule has 1 aliphatic rings. The number of esters is 1. The number of azide groups is 1. The second-order valence-electron chi connectivity index (χ2n) is 3.54. The van der Waals surface area contributed by atoms with E-state index in [0.29, 0.717) is 19.1 Å². The van der Waals surface area contributed by atoms with E-state index in [1.165, 1.54) is 0 Å². The highest BCUT2D eigenvalue weighted by atomic mass is 16.5. The minimum absolute atomic E-state index is 0.0221. The third-order valence-electron chi connectivity index (χ3n) is 2.56. The third kappa shape index (κ3) is 2.92. The van der Waals surface area contributed by atoms with Gasteiger partial charge in [0.15, 0.2) is 0 Å². The molecule has 0 aromatic rings. The van der Waals surface area contributed by atoms with Crippen molar-refractivity contribution in [3.63, 3.8) is 0 Å². The Morgan fingerprint density at radius 3 is 3.07 bits per heavy atom. The van der Waals surface area contributed by atoms with Gasteiger partial charge in [-0.3, -0.25) is 4.79 Å². The Morgan fingerprint density at radius 2 is 2.43 bits per heavy atom. The van der Waals surface area contributed by atoms with Crippen LogP contribution in [0.5, 0.6) is 0 Å². The van der Waals surface area contributed by atoms with Gasteiger partial charge in [0.05, 0.1) is 12.5 Å². The molecule has 0 aromatic carbocycles. The largest absolute Gasteiger partial charge is 0.466 e. The lowest BCUT2D eigenvalue weighted by molar-refractivity contribution is -0.147. The van der Waals surface area contributed by atoms with E-state index in [9.17, 15) is 4.79 Å². The van der Waals surface area contributed by atoms with Crippen LogP contribution < -0.4 is 0 Å². The molecule has 78 valence electrons. The Labute approximate surface area is 83.1 Å². The normalized spacial score (nSPS) is 25.5. The van der Waals surface area contributed by atoms with Crippen LogP contribution in [0.15, 0.2) is 5.11 Å². The van der Waals surface area contributed by atoms with E-state index < -0.39 is 0 Å². The number of hydrogen-bond donors (Lipinski definition) is 0. The number of rotatable bonds is 4. The highest BCUT2D eigenvalue weighted by Gasteiger charge is 2.30. The molecule has 0 heterocycles. The molecular formula is C9H15N3O2. The summed E-state index contributed by atoms with van der Waals surface area (Å²) in [5, 5.41) is 3.52. The van der Waals surface area contributed by atoms with Crippen molar-refractivity contribution in [1.29, 1.82) is 0 Å². The molecule has 0 N–H and O–H groups in total. The van der Waals surface area contributed by atoms with Crippen LogP contribution in [0.25, 0.3) is 10.4 Å². The van der Waals surface area contributed by atoms with Gasteiger partial charge in [-0.2, -0.15) is 0 Å². The van der Waals surface area contributed by atoms with Crippen molar-refractivity contribution < 1.29 is 9.53 Å². The van der Waals surface area contributed by atoms with E-state index in [-0.39, 0.29) is 11.9 Å². The zero-order valence-corrected chi connectivity index (χ0v) is 8.35. The van der Waals surface area contributed by atoms with E-state index in [1.54, 1.807) is 0 Å². The Bertz CT molecular complexity index is 248. The maximum absolute atomic E-state index is 11.3. The highest BCUT2D eigenvalue weighted by molar-refractivity contribution is 5.72. The predicted octanol–water partition coefficient (Wildman–Crippen LogP) is 2.28. The van der Waals surface area contributed by atoms with Gasteiger partial charge >= 0.3 is 5.97 Å². The second kappa shape index (κ2) is 5.50. The van der Waals surface area contributed by atoms with Crippen molar-refractivity contribution in [3.05, 3.63) is 10.4 Å². The monoisotopic (exact) mass is 197 g/mol. The highest BCUT2D eigenvalue weighted by Crippen LogP contribution is 2.31. The Morgan fingerprint density at radius 1 is 1.64 bits per heavy atom. The fourth-order valence-electron chi connectivity index (χ4n) is 1.87. The molecule has 1 rings (SSSR count). The van der Waals surface area contributed by atoms with Crippen LogP contribution in [0.3, 0.4) is 0 Å². The molecule has 0 unspecified atom stereocenters. The van der Waals surface area contributed by atoms with Crippen molar-refractivity contribution >= 4 is 5.97 Å². The molecule has 0 radical (unpaired) electrons. The smallest absolute Gasteiger partial charge is 0.308 e. The minimum atomic E-state index is -0.101. The third-order valence-corrected chi connectivity index (χ3v) is 2.56. The van der Waals surface area contributed by atoms with Crippen LogP contribution in [-0.2, 0) is 9.53 Å². The van der Waals surface area contributed by atoms with E-state index >= 15 is 0 Å². The van der Waals surface area contributed by atoms with Crippen molar-refractivity contribution in [1.82, 2.24) is 0 Å². The lowest BCUT2D eigenvalue weighted by Gasteiger charge is -2.08. The molecule has 0 amide bonds. The molecule has 1 fully saturated rings. The van der Waals surface area contributed by atoms with Crippen LogP contribution >= 0.6 is 0 Å². The summed E-state index contributed by atoms with van der Waals surface area (Å²) in [6.07, 6.45) is 2.63. The second-order valence-corrected chi connectivity index (χ2v) is 3.54. The molecule has 1 saturated carbocycles. The van der Waals surface area contributed by atoms with E-state index in [1.807, 2.05) is 6.92 Å². The summed E-state index contributed by atoms with van der Waals surface area (Å²) in [7, 11) is 0. The first kappa shape index (κ1) is 10.9. The molecule has 5 nitrogen and oxygen atoms in total. The van der Waals surface area contributed by atoms with Gasteiger partial charge in [0.2, 0.25) is 0 Å². The van der Waals surface area contributed by atoms with Gasteiger partial charge in [0.1, 0.15) is 0 Å². The van der Waals surface area contributed by atoms with Gasteiger partial charge in [0.25, 0.3) is 0 Å². The Balaban J connectivity index is 2.33. The van der Waals surface area contributed by atoms with Gasteiger partial charge in [-0.1, -0.05) is 5.11 Å². The zero-order valence-electron chi connectivity index (χ0n) is 8.35. The summed E-state index contributed by atoms with van der Waals surface area (Å²) in [6.45, 7) is 2.76. The van der Waals surface area contributed by atoms with Crippen LogP contribution in [0.1, 0.15) is 26.2 Å². The zero-order chi connectivity index (χ0) is 10.4. The van der Waals surface area contributed by atoms with Gasteiger partial charge < -0.3 is 4.74 Å². The fraction of sp³-hybridized carbons (Fsp3) is 0.889. The summed E-state index contributed by atoms with van der Waals surface area (Å²) < 4.78 is 4.94. The number of carbonyl (C=O) groups is 1. The van der Waals surface area contributed by atoms with Crippen LogP contribution in [0, 0.1) is 11.8 Å². The molecule has 2 atom stereocenters. The molecule has 0 aromatic heterocycles. The van der Waals surface area contributed by atoms with Gasteiger partial charge in [-0.25, -0.2) is 0 Å². The van der Waals surface area contributed by atoms with E-state index in [2.05, 4.69) is 10.0 Å². The topological polar surface area (TPSA) is 75.1 Å². The predicted molar refractivity (Wildman–Crippen MR) is 51.5 cm³/mol. The van der Waals surface area contributed by atoms with Crippen molar-refractivity contribution in [2.45, 2.75) is 26.2 Å². The SMILES string of the molecule is CCOC(=O)[C@H]1CC[C@@H](CN=[N+]=[N-])C1. The molecule has 0 saturated heterocycles. The standard InChI is InChI=1S/C9H15N3O2/c1-2-14-9(13)8-4-3-7(5-8)6-11-12-10/h7-8H,2-6H2,1H3/t7-,8+/m1/s1. The Hall–Kier alpha value is -1.22. The summed E-state index contributed by atoms with van der Waals surface area (Å²) >= 11 is 0. The van der Waals surface area contributed by atoms with E-state index in [4.69, 9.17) is 10.3 Å². The van der Waals surface area contributed by atoms with Gasteiger partial charge in [-0.15, -0.1) is 0 Å². The number of hydrogen-bond acceptors (Lipinski definition) is 3. The van der Waals surface area contributed by atoms with Crippen LogP contribution in [0.2, 0.25) is 0 Å². The number of nitrogens with zero attached hydrogens (tertiary/aromatic N) is 3. The molecule has 1 aliphatic carbocycles. The summed E-state index contributed by atoms with van der Waals surface area (Å²) in [5.74, 6) is 0.282. The summed E-state index contributed by atoms with van der Waals surface area (Å²) in [5.41, 5.74) is 8.15. The van der Waals surface area contributed by atoms with Gasteiger partial charge in [0, 0.05) is 11.5 Å². The molecule has 14 heavy (non-hydrogen) atoms. The average Bonchev–Trinajstić information content (AvgIpc) is 2.63. The summed E-state index contributed by atoms with van der Waals surface area (Å²) in [4.78, 5) is 14.1. The molecule has 0 aliphatic heterocycles. The Kier molecular flexibility index (Phi) is 4.26. The van der Waals surface area contributed by atoms with Crippen LogP contribution in [0.4, 0.5) is 0 Å². The lowest BCUT2D eigenvalue weighted by atomic mass is 10.1. The van der Waals surface area contributed by atoms with E-state index in [0.717, 1.165) is 19.3 Å². The number of carbonyl (C=O) groups excluding carboxylic acids is 1. The average molecular weight is 197 g/mol. The molecular weight excluding hydrogens is 182 g/mol.